The molecule has 1 fully saturated rings. The summed E-state index contributed by atoms with van der Waals surface area (Å²) in [5, 5.41) is 0. The van der Waals surface area contributed by atoms with Crippen LogP contribution in [0.4, 0.5) is 10.5 Å². The normalized spacial score (nSPS) is 14.1. The second-order valence-electron chi connectivity index (χ2n) is 7.18. The maximum atomic E-state index is 12.1. The van der Waals surface area contributed by atoms with Gasteiger partial charge < -0.3 is 14.5 Å². The monoisotopic (exact) mass is 470 g/mol. The van der Waals surface area contributed by atoms with Crippen LogP contribution in [-0.2, 0) is 4.74 Å². The number of amides is 1. The van der Waals surface area contributed by atoms with Crippen LogP contribution in [0.3, 0.4) is 0 Å². The lowest BCUT2D eigenvalue weighted by Crippen LogP contribution is -2.39. The topological polar surface area (TPSA) is 58.6 Å². The number of rotatable bonds is 1. The van der Waals surface area contributed by atoms with Gasteiger partial charge in [-0.3, -0.25) is 9.97 Å². The lowest BCUT2D eigenvalue weighted by Gasteiger charge is -2.26. The molecule has 0 saturated carbocycles. The summed E-state index contributed by atoms with van der Waals surface area (Å²) in [6, 6.07) is 7.78. The third-order valence-corrected chi connectivity index (χ3v) is 4.34. The number of aromatic nitrogens is 2. The number of carbonyl (C=O) groups excluding carboxylic acids is 1. The van der Waals surface area contributed by atoms with Gasteiger partial charge in [-0.05, 0) is 51.5 Å². The third-order valence-electron chi connectivity index (χ3n) is 3.82. The average molecular weight is 472 g/mol. The Bertz CT molecular complexity index is 698. The van der Waals surface area contributed by atoms with E-state index in [9.17, 15) is 4.79 Å². The molecule has 0 radical (unpaired) electrons. The Balaban J connectivity index is 0.000000414. The van der Waals surface area contributed by atoms with Crippen molar-refractivity contribution in [1.29, 1.82) is 0 Å². The molecule has 28 heavy (non-hydrogen) atoms. The van der Waals surface area contributed by atoms with Crippen molar-refractivity contribution < 1.29 is 9.53 Å². The van der Waals surface area contributed by atoms with Gasteiger partial charge >= 0.3 is 6.09 Å². The van der Waals surface area contributed by atoms with Gasteiger partial charge in [0.25, 0.3) is 0 Å². The maximum Gasteiger partial charge on any atom is 0.410 e. The first kappa shape index (κ1) is 24.2. The molecule has 0 aliphatic carbocycles. The standard InChI is InChI=1S/C15H23N3O2.C5H4BrN.ClH/c1-15(2,3)20-14(19)18-10-4-9-17(11-12-18)13-5-7-16-8-6-13;6-5-1-3-7-4-2-5;/h5-8H,4,9-12H2,1-3H3;1-4H;1H. The van der Waals surface area contributed by atoms with Crippen LogP contribution in [0.2, 0.25) is 0 Å². The van der Waals surface area contributed by atoms with E-state index < -0.39 is 5.60 Å². The summed E-state index contributed by atoms with van der Waals surface area (Å²) in [7, 11) is 0. The van der Waals surface area contributed by atoms with Gasteiger partial charge in [0, 0.05) is 61.1 Å². The molecule has 0 N–H and O–H groups in total. The first-order valence-corrected chi connectivity index (χ1v) is 9.83. The van der Waals surface area contributed by atoms with E-state index in [-0.39, 0.29) is 18.5 Å². The van der Waals surface area contributed by atoms with Gasteiger partial charge in [0.05, 0.1) is 0 Å². The summed E-state index contributed by atoms with van der Waals surface area (Å²) < 4.78 is 6.50. The number of hydrogen-bond donors (Lipinski definition) is 0. The molecule has 1 aliphatic heterocycles. The van der Waals surface area contributed by atoms with E-state index in [4.69, 9.17) is 4.74 Å². The molecule has 3 heterocycles. The van der Waals surface area contributed by atoms with Crippen molar-refractivity contribution in [2.45, 2.75) is 32.8 Å². The zero-order valence-electron chi connectivity index (χ0n) is 16.5. The van der Waals surface area contributed by atoms with E-state index in [1.807, 2.05) is 45.0 Å². The lowest BCUT2D eigenvalue weighted by molar-refractivity contribution is 0.0263. The van der Waals surface area contributed by atoms with Crippen molar-refractivity contribution in [2.24, 2.45) is 0 Å². The van der Waals surface area contributed by atoms with Crippen LogP contribution in [0.1, 0.15) is 27.2 Å². The minimum absolute atomic E-state index is 0. The highest BCUT2D eigenvalue weighted by Gasteiger charge is 2.24. The molecule has 1 amide bonds. The van der Waals surface area contributed by atoms with Gasteiger partial charge in [-0.2, -0.15) is 0 Å². The molecular formula is C20H28BrClN4O2. The number of anilines is 1. The molecule has 3 rings (SSSR count). The van der Waals surface area contributed by atoms with Gasteiger partial charge in [-0.1, -0.05) is 15.9 Å². The van der Waals surface area contributed by atoms with Crippen LogP contribution >= 0.6 is 28.3 Å². The van der Waals surface area contributed by atoms with Crippen molar-refractivity contribution in [1.82, 2.24) is 14.9 Å². The van der Waals surface area contributed by atoms with E-state index in [2.05, 4.69) is 30.8 Å². The number of carbonyl (C=O) groups is 1. The van der Waals surface area contributed by atoms with Crippen molar-refractivity contribution in [3.05, 3.63) is 53.5 Å². The van der Waals surface area contributed by atoms with E-state index in [1.165, 1.54) is 0 Å². The minimum atomic E-state index is -0.436. The summed E-state index contributed by atoms with van der Waals surface area (Å²) in [5.41, 5.74) is 0.722. The van der Waals surface area contributed by atoms with Gasteiger partial charge in [-0.15, -0.1) is 12.4 Å². The molecule has 0 spiro atoms. The highest BCUT2D eigenvalue weighted by molar-refractivity contribution is 9.10. The summed E-state index contributed by atoms with van der Waals surface area (Å²) in [6.07, 6.45) is 7.81. The molecule has 2 aromatic rings. The maximum absolute atomic E-state index is 12.1. The zero-order valence-corrected chi connectivity index (χ0v) is 18.9. The number of ether oxygens (including phenoxy) is 1. The quantitative estimate of drug-likeness (QED) is 0.598. The van der Waals surface area contributed by atoms with Crippen LogP contribution in [0.25, 0.3) is 0 Å². The Morgan fingerprint density at radius 1 is 0.964 bits per heavy atom. The van der Waals surface area contributed by atoms with E-state index in [0.29, 0.717) is 6.54 Å². The highest BCUT2D eigenvalue weighted by Crippen LogP contribution is 2.16. The average Bonchev–Trinajstić information content (AvgIpc) is 2.89. The second-order valence-corrected chi connectivity index (χ2v) is 8.09. The molecule has 0 bridgehead atoms. The van der Waals surface area contributed by atoms with E-state index in [0.717, 1.165) is 36.2 Å². The van der Waals surface area contributed by atoms with Gasteiger partial charge in [-0.25, -0.2) is 4.79 Å². The molecule has 1 saturated heterocycles. The molecule has 154 valence electrons. The number of nitrogens with zero attached hydrogens (tertiary/aromatic N) is 4. The first-order valence-electron chi connectivity index (χ1n) is 9.03. The minimum Gasteiger partial charge on any atom is -0.444 e. The van der Waals surface area contributed by atoms with E-state index in [1.54, 1.807) is 29.7 Å². The third kappa shape index (κ3) is 8.89. The Kier molecular flexibility index (Phi) is 10.2. The SMILES string of the molecule is Brc1ccncc1.CC(C)(C)OC(=O)N1CCCN(c2ccncc2)CC1.Cl. The zero-order chi connectivity index (χ0) is 19.7. The predicted molar refractivity (Wildman–Crippen MR) is 118 cm³/mol. The summed E-state index contributed by atoms with van der Waals surface area (Å²) in [4.78, 5) is 24.0. The van der Waals surface area contributed by atoms with Crippen LogP contribution in [0, 0.1) is 0 Å². The first-order chi connectivity index (χ1) is 12.8. The molecular weight excluding hydrogens is 444 g/mol. The Hall–Kier alpha value is -1.86. The molecule has 0 aromatic carbocycles. The number of pyridine rings is 2. The van der Waals surface area contributed by atoms with Crippen LogP contribution in [0.5, 0.6) is 0 Å². The fourth-order valence-corrected chi connectivity index (χ4v) is 2.81. The summed E-state index contributed by atoms with van der Waals surface area (Å²) in [6.45, 7) is 8.89. The number of hydrogen-bond acceptors (Lipinski definition) is 5. The fraction of sp³-hybridized carbons (Fsp3) is 0.450. The smallest absolute Gasteiger partial charge is 0.410 e. The second kappa shape index (κ2) is 11.9. The van der Waals surface area contributed by atoms with Gasteiger partial charge in [0.1, 0.15) is 5.60 Å². The van der Waals surface area contributed by atoms with Crippen molar-refractivity contribution in [3.63, 3.8) is 0 Å². The van der Waals surface area contributed by atoms with Gasteiger partial charge in [0.2, 0.25) is 0 Å². The predicted octanol–water partition coefficient (Wildman–Crippen LogP) is 4.79. The molecule has 1 aliphatic rings. The molecule has 0 atom stereocenters. The van der Waals surface area contributed by atoms with Gasteiger partial charge in [0.15, 0.2) is 0 Å². The fourth-order valence-electron chi connectivity index (χ4n) is 2.57. The van der Waals surface area contributed by atoms with Crippen molar-refractivity contribution in [2.75, 3.05) is 31.1 Å². The Morgan fingerprint density at radius 3 is 2.04 bits per heavy atom. The van der Waals surface area contributed by atoms with Crippen molar-refractivity contribution in [3.8, 4) is 0 Å². The van der Waals surface area contributed by atoms with Crippen LogP contribution < -0.4 is 4.90 Å². The highest BCUT2D eigenvalue weighted by atomic mass is 79.9. The summed E-state index contributed by atoms with van der Waals surface area (Å²) >= 11 is 3.27. The largest absolute Gasteiger partial charge is 0.444 e. The van der Waals surface area contributed by atoms with E-state index >= 15 is 0 Å². The van der Waals surface area contributed by atoms with Crippen LogP contribution in [0.15, 0.2) is 53.5 Å². The molecule has 2 aromatic heterocycles. The van der Waals surface area contributed by atoms with Crippen LogP contribution in [-0.4, -0.2) is 52.7 Å². The Labute approximate surface area is 181 Å². The van der Waals surface area contributed by atoms with Crippen molar-refractivity contribution >= 4 is 40.1 Å². The summed E-state index contributed by atoms with van der Waals surface area (Å²) in [5.74, 6) is 0. The Morgan fingerprint density at radius 2 is 1.54 bits per heavy atom. The number of halogens is 2. The molecule has 8 heteroatoms. The molecule has 0 unspecified atom stereocenters. The lowest BCUT2D eigenvalue weighted by atomic mass is 10.2. The molecule has 6 nitrogen and oxygen atoms in total.